The Balaban J connectivity index is 2.25. The number of carbonyl (C=O) groups excluding carboxylic acids is 2. The van der Waals surface area contributed by atoms with Crippen LogP contribution in [0.15, 0.2) is 0 Å². The highest BCUT2D eigenvalue weighted by Crippen LogP contribution is 2.19. The summed E-state index contributed by atoms with van der Waals surface area (Å²) in [5, 5.41) is 14.7. The number of amides is 2. The van der Waals surface area contributed by atoms with Gasteiger partial charge in [-0.25, -0.2) is 4.79 Å². The van der Waals surface area contributed by atoms with Crippen molar-refractivity contribution >= 4 is 12.0 Å². The molecule has 1 saturated carbocycles. The molecule has 0 aromatic carbocycles. The van der Waals surface area contributed by atoms with E-state index in [0.29, 0.717) is 6.54 Å². The van der Waals surface area contributed by atoms with E-state index < -0.39 is 5.60 Å². The largest absolute Gasteiger partial charge is 0.444 e. The van der Waals surface area contributed by atoms with Crippen LogP contribution in [0.1, 0.15) is 46.5 Å². The zero-order valence-corrected chi connectivity index (χ0v) is 14.7. The number of ether oxygens (including phenoxy) is 1. The third-order valence-corrected chi connectivity index (χ3v) is 3.71. The molecule has 2 amide bonds. The third kappa shape index (κ3) is 8.76. The number of carbonyl (C=O) groups is 2. The molecule has 0 aliphatic heterocycles. The quantitative estimate of drug-likeness (QED) is 0.672. The second-order valence-corrected chi connectivity index (χ2v) is 7.22. The van der Waals surface area contributed by atoms with Crippen LogP contribution < -0.4 is 10.6 Å². The number of nitrogens with one attached hydrogen (secondary N) is 2. The number of alkyl carbamates (subject to hydrolysis) is 1. The number of hydrogen-bond acceptors (Lipinski definition) is 5. The predicted molar refractivity (Wildman–Crippen MR) is 88.1 cm³/mol. The van der Waals surface area contributed by atoms with Crippen LogP contribution in [0.3, 0.4) is 0 Å². The van der Waals surface area contributed by atoms with Crippen molar-refractivity contribution in [2.75, 3.05) is 26.7 Å². The fourth-order valence-corrected chi connectivity index (χ4v) is 2.62. The van der Waals surface area contributed by atoms with Crippen LogP contribution in [0.25, 0.3) is 0 Å². The molecule has 1 fully saturated rings. The normalized spacial score (nSPS) is 21.8. The molecule has 0 spiro atoms. The highest BCUT2D eigenvalue weighted by atomic mass is 16.6. The number of aliphatic hydroxyl groups is 1. The molecule has 7 heteroatoms. The smallest absolute Gasteiger partial charge is 0.407 e. The first kappa shape index (κ1) is 19.7. The lowest BCUT2D eigenvalue weighted by molar-refractivity contribution is -0.123. The highest BCUT2D eigenvalue weighted by molar-refractivity contribution is 5.78. The standard InChI is InChI=1S/C16H31N3O4/c1-16(2,3)23-15(22)18-13-7-5-12(6-8-13)17-14(21)11-19(4)9-10-20/h12-13,20H,5-11H2,1-4H3,(H,17,21)(H,18,22)/t12-,13-. The molecule has 23 heavy (non-hydrogen) atoms. The molecule has 0 unspecified atom stereocenters. The molecule has 1 aliphatic rings. The fourth-order valence-electron chi connectivity index (χ4n) is 2.62. The third-order valence-electron chi connectivity index (χ3n) is 3.71. The van der Waals surface area contributed by atoms with Crippen LogP contribution in [0, 0.1) is 0 Å². The molecular weight excluding hydrogens is 298 g/mol. The highest BCUT2D eigenvalue weighted by Gasteiger charge is 2.25. The van der Waals surface area contributed by atoms with E-state index in [1.165, 1.54) is 0 Å². The lowest BCUT2D eigenvalue weighted by Gasteiger charge is -2.30. The molecule has 0 heterocycles. The van der Waals surface area contributed by atoms with Gasteiger partial charge in [0.2, 0.25) is 5.91 Å². The van der Waals surface area contributed by atoms with Crippen LogP contribution in [-0.2, 0) is 9.53 Å². The Labute approximate surface area is 138 Å². The van der Waals surface area contributed by atoms with Gasteiger partial charge in [-0.2, -0.15) is 0 Å². The minimum atomic E-state index is -0.490. The number of aliphatic hydroxyl groups excluding tert-OH is 1. The van der Waals surface area contributed by atoms with Gasteiger partial charge in [0.1, 0.15) is 5.60 Å². The molecule has 134 valence electrons. The first-order valence-corrected chi connectivity index (χ1v) is 8.28. The van der Waals surface area contributed by atoms with E-state index in [2.05, 4.69) is 10.6 Å². The van der Waals surface area contributed by atoms with Crippen molar-refractivity contribution < 1.29 is 19.4 Å². The van der Waals surface area contributed by atoms with E-state index in [-0.39, 0.29) is 37.2 Å². The summed E-state index contributed by atoms with van der Waals surface area (Å²) in [5.41, 5.74) is -0.490. The van der Waals surface area contributed by atoms with Crippen molar-refractivity contribution in [1.82, 2.24) is 15.5 Å². The summed E-state index contributed by atoms with van der Waals surface area (Å²) in [6.45, 7) is 6.34. The summed E-state index contributed by atoms with van der Waals surface area (Å²) < 4.78 is 5.25. The number of rotatable bonds is 6. The van der Waals surface area contributed by atoms with Crippen molar-refractivity contribution in [1.29, 1.82) is 0 Å². The van der Waals surface area contributed by atoms with Gasteiger partial charge < -0.3 is 20.5 Å². The van der Waals surface area contributed by atoms with E-state index in [9.17, 15) is 9.59 Å². The molecule has 3 N–H and O–H groups in total. The lowest BCUT2D eigenvalue weighted by Crippen LogP contribution is -2.46. The number of nitrogens with zero attached hydrogens (tertiary/aromatic N) is 1. The average Bonchev–Trinajstić information content (AvgIpc) is 2.38. The fraction of sp³-hybridized carbons (Fsp3) is 0.875. The summed E-state index contributed by atoms with van der Waals surface area (Å²) in [6, 6.07) is 0.261. The molecule has 0 atom stereocenters. The maximum Gasteiger partial charge on any atom is 0.407 e. The van der Waals surface area contributed by atoms with E-state index in [1.54, 1.807) is 11.9 Å². The van der Waals surface area contributed by atoms with Crippen LogP contribution >= 0.6 is 0 Å². The molecule has 7 nitrogen and oxygen atoms in total. The topological polar surface area (TPSA) is 90.9 Å². The molecule has 0 saturated heterocycles. The number of likely N-dealkylation sites (N-methyl/N-ethyl adjacent to an activating group) is 1. The lowest BCUT2D eigenvalue weighted by atomic mass is 9.91. The van der Waals surface area contributed by atoms with Gasteiger partial charge in [0.25, 0.3) is 0 Å². The summed E-state index contributed by atoms with van der Waals surface area (Å²) in [4.78, 5) is 25.4. The maximum atomic E-state index is 11.9. The van der Waals surface area contributed by atoms with Crippen LogP contribution in [0.5, 0.6) is 0 Å². The average molecular weight is 329 g/mol. The minimum absolute atomic E-state index is 0.0236. The zero-order chi connectivity index (χ0) is 17.5. The van der Waals surface area contributed by atoms with E-state index in [4.69, 9.17) is 9.84 Å². The van der Waals surface area contributed by atoms with Crippen LogP contribution in [-0.4, -0.2) is 66.4 Å². The van der Waals surface area contributed by atoms with E-state index in [0.717, 1.165) is 25.7 Å². The Hall–Kier alpha value is -1.34. The minimum Gasteiger partial charge on any atom is -0.444 e. The van der Waals surface area contributed by atoms with Crippen LogP contribution in [0.4, 0.5) is 4.79 Å². The van der Waals surface area contributed by atoms with Crippen molar-refractivity contribution in [3.8, 4) is 0 Å². The molecular formula is C16H31N3O4. The number of hydrogen-bond donors (Lipinski definition) is 3. The maximum absolute atomic E-state index is 11.9. The summed E-state index contributed by atoms with van der Waals surface area (Å²) in [7, 11) is 1.80. The van der Waals surface area contributed by atoms with Gasteiger partial charge in [-0.1, -0.05) is 0 Å². The summed E-state index contributed by atoms with van der Waals surface area (Å²) in [5.74, 6) is -0.0236. The second kappa shape index (κ2) is 9.08. The Morgan fingerprint density at radius 2 is 1.65 bits per heavy atom. The molecule has 0 bridgehead atoms. The summed E-state index contributed by atoms with van der Waals surface area (Å²) >= 11 is 0. The van der Waals surface area contributed by atoms with Crippen molar-refractivity contribution in [3.63, 3.8) is 0 Å². The van der Waals surface area contributed by atoms with E-state index >= 15 is 0 Å². The van der Waals surface area contributed by atoms with Crippen molar-refractivity contribution in [3.05, 3.63) is 0 Å². The van der Waals surface area contributed by atoms with Crippen LogP contribution in [0.2, 0.25) is 0 Å². The second-order valence-electron chi connectivity index (χ2n) is 7.22. The van der Waals surface area contributed by atoms with Gasteiger partial charge in [-0.15, -0.1) is 0 Å². The van der Waals surface area contributed by atoms with Gasteiger partial charge in [-0.3, -0.25) is 9.69 Å². The first-order chi connectivity index (χ1) is 10.7. The SMILES string of the molecule is CN(CCO)CC(=O)N[C@H]1CC[C@H](NC(=O)OC(C)(C)C)CC1. The predicted octanol–water partition coefficient (Wildman–Crippen LogP) is 0.863. The monoisotopic (exact) mass is 329 g/mol. The van der Waals surface area contributed by atoms with Gasteiger partial charge in [0.15, 0.2) is 0 Å². The van der Waals surface area contributed by atoms with E-state index in [1.807, 2.05) is 20.8 Å². The van der Waals surface area contributed by atoms with Gasteiger partial charge in [0, 0.05) is 18.6 Å². The van der Waals surface area contributed by atoms with Gasteiger partial charge in [-0.05, 0) is 53.5 Å². The molecule has 1 aliphatic carbocycles. The van der Waals surface area contributed by atoms with Crippen molar-refractivity contribution in [2.24, 2.45) is 0 Å². The van der Waals surface area contributed by atoms with Gasteiger partial charge in [0.05, 0.1) is 13.2 Å². The molecule has 0 aromatic heterocycles. The molecule has 0 aromatic rings. The zero-order valence-electron chi connectivity index (χ0n) is 14.7. The Morgan fingerprint density at radius 1 is 1.13 bits per heavy atom. The molecule has 1 rings (SSSR count). The van der Waals surface area contributed by atoms with Gasteiger partial charge >= 0.3 is 6.09 Å². The summed E-state index contributed by atoms with van der Waals surface area (Å²) in [6.07, 6.45) is 2.97. The van der Waals surface area contributed by atoms with Crippen molar-refractivity contribution in [2.45, 2.75) is 64.1 Å². The Morgan fingerprint density at radius 3 is 2.13 bits per heavy atom. The Bertz CT molecular complexity index is 387. The Kier molecular flexibility index (Phi) is 7.78. The molecule has 0 radical (unpaired) electrons. The first-order valence-electron chi connectivity index (χ1n) is 8.28.